The summed E-state index contributed by atoms with van der Waals surface area (Å²) in [6.07, 6.45) is 0. The Hall–Kier alpha value is -1.68. The number of hydrogen-bond acceptors (Lipinski definition) is 2. The van der Waals surface area contributed by atoms with E-state index in [1.165, 1.54) is 12.1 Å². The molecule has 0 aliphatic rings. The molecule has 0 atom stereocenters. The Morgan fingerprint density at radius 2 is 1.85 bits per heavy atom. The van der Waals surface area contributed by atoms with Crippen LogP contribution in [0.3, 0.4) is 0 Å². The molecule has 0 bridgehead atoms. The number of ketones is 1. The van der Waals surface area contributed by atoms with Gasteiger partial charge in [-0.25, -0.2) is 4.39 Å². The fraction of sp³-hybridized carbons (Fsp3) is 0.188. The third-order valence-corrected chi connectivity index (χ3v) is 3.73. The van der Waals surface area contributed by atoms with Crippen LogP contribution in [0.2, 0.25) is 0 Å². The summed E-state index contributed by atoms with van der Waals surface area (Å²) in [5.74, 6) is -0.193. The molecular weight excluding hydrogens is 321 g/mol. The van der Waals surface area contributed by atoms with Crippen molar-refractivity contribution in [1.29, 1.82) is 0 Å². The first kappa shape index (κ1) is 14.7. The number of carbonyl (C=O) groups is 1. The first-order valence-corrected chi connectivity index (χ1v) is 7.03. The van der Waals surface area contributed by atoms with Gasteiger partial charge in [0.2, 0.25) is 0 Å². The molecule has 0 amide bonds. The summed E-state index contributed by atoms with van der Waals surface area (Å²) in [6.45, 7) is 2.21. The van der Waals surface area contributed by atoms with Crippen LogP contribution in [-0.4, -0.2) is 12.8 Å². The topological polar surface area (TPSA) is 20.3 Å². The van der Waals surface area contributed by atoms with E-state index in [1.807, 2.05) is 30.1 Å². The smallest absolute Gasteiger partial charge is 0.159 e. The number of nitrogens with zero attached hydrogens (tertiary/aromatic N) is 1. The molecule has 2 aromatic carbocycles. The Morgan fingerprint density at radius 1 is 1.20 bits per heavy atom. The van der Waals surface area contributed by atoms with E-state index in [2.05, 4.69) is 15.9 Å². The molecule has 0 N–H and O–H groups in total. The summed E-state index contributed by atoms with van der Waals surface area (Å²) in [6, 6.07) is 12.0. The minimum atomic E-state index is -0.233. The molecule has 2 aromatic rings. The molecule has 20 heavy (non-hydrogen) atoms. The third-order valence-electron chi connectivity index (χ3n) is 3.10. The van der Waals surface area contributed by atoms with Crippen molar-refractivity contribution in [3.8, 4) is 0 Å². The van der Waals surface area contributed by atoms with Gasteiger partial charge in [0.25, 0.3) is 0 Å². The van der Waals surface area contributed by atoms with Gasteiger partial charge in [0.1, 0.15) is 5.82 Å². The van der Waals surface area contributed by atoms with E-state index >= 15 is 0 Å². The number of benzene rings is 2. The first-order chi connectivity index (χ1) is 9.47. The average molecular weight is 336 g/mol. The molecule has 0 unspecified atom stereocenters. The number of anilines is 1. The fourth-order valence-corrected chi connectivity index (χ4v) is 2.67. The quantitative estimate of drug-likeness (QED) is 0.770. The molecule has 4 heteroatoms. The fourth-order valence-electron chi connectivity index (χ4n) is 1.98. The van der Waals surface area contributed by atoms with Gasteiger partial charge in [-0.3, -0.25) is 4.79 Å². The maximum absolute atomic E-state index is 12.9. The van der Waals surface area contributed by atoms with Gasteiger partial charge in [-0.05, 0) is 58.7 Å². The lowest BCUT2D eigenvalue weighted by atomic mass is 10.1. The van der Waals surface area contributed by atoms with E-state index < -0.39 is 0 Å². The maximum atomic E-state index is 12.9. The molecule has 0 aliphatic carbocycles. The largest absolute Gasteiger partial charge is 0.369 e. The lowest BCUT2D eigenvalue weighted by molar-refractivity contribution is 0.101. The number of hydrogen-bond donors (Lipinski definition) is 0. The van der Waals surface area contributed by atoms with Crippen molar-refractivity contribution in [3.63, 3.8) is 0 Å². The van der Waals surface area contributed by atoms with Gasteiger partial charge in [-0.15, -0.1) is 0 Å². The molecular formula is C16H15BrFNO. The molecule has 104 valence electrons. The van der Waals surface area contributed by atoms with Crippen LogP contribution in [0.25, 0.3) is 0 Å². The maximum Gasteiger partial charge on any atom is 0.159 e. The van der Waals surface area contributed by atoms with Crippen LogP contribution in [0.5, 0.6) is 0 Å². The molecule has 0 spiro atoms. The van der Waals surface area contributed by atoms with Crippen LogP contribution in [0.4, 0.5) is 10.1 Å². The van der Waals surface area contributed by atoms with Gasteiger partial charge in [0.05, 0.1) is 5.69 Å². The molecule has 0 fully saturated rings. The molecule has 0 heterocycles. The average Bonchev–Trinajstić information content (AvgIpc) is 2.41. The lowest BCUT2D eigenvalue weighted by Crippen LogP contribution is -2.17. The van der Waals surface area contributed by atoms with Gasteiger partial charge in [-0.2, -0.15) is 0 Å². The minimum Gasteiger partial charge on any atom is -0.369 e. The van der Waals surface area contributed by atoms with Crippen molar-refractivity contribution in [2.75, 3.05) is 11.9 Å². The molecule has 0 saturated heterocycles. The highest BCUT2D eigenvalue weighted by molar-refractivity contribution is 9.10. The van der Waals surface area contributed by atoms with Gasteiger partial charge >= 0.3 is 0 Å². The number of Topliss-reactive ketones (excluding diaryl/α,β-unsaturated/α-hetero) is 1. The molecule has 2 rings (SSSR count). The zero-order valence-corrected chi connectivity index (χ0v) is 12.9. The van der Waals surface area contributed by atoms with Crippen LogP contribution >= 0.6 is 15.9 Å². The number of rotatable bonds is 4. The first-order valence-electron chi connectivity index (χ1n) is 6.23. The van der Waals surface area contributed by atoms with E-state index in [0.717, 1.165) is 15.7 Å². The van der Waals surface area contributed by atoms with Gasteiger partial charge in [0.15, 0.2) is 5.78 Å². The highest BCUT2D eigenvalue weighted by Crippen LogP contribution is 2.27. The van der Waals surface area contributed by atoms with Crippen LogP contribution in [-0.2, 0) is 6.54 Å². The number of carbonyl (C=O) groups excluding carboxylic acids is 1. The zero-order chi connectivity index (χ0) is 14.7. The van der Waals surface area contributed by atoms with E-state index in [0.29, 0.717) is 12.1 Å². The summed E-state index contributed by atoms with van der Waals surface area (Å²) < 4.78 is 13.7. The predicted molar refractivity (Wildman–Crippen MR) is 82.7 cm³/mol. The van der Waals surface area contributed by atoms with Crippen molar-refractivity contribution >= 4 is 27.4 Å². The van der Waals surface area contributed by atoms with E-state index in [4.69, 9.17) is 0 Å². The van der Waals surface area contributed by atoms with E-state index in [1.54, 1.807) is 19.1 Å². The van der Waals surface area contributed by atoms with E-state index in [9.17, 15) is 9.18 Å². The summed E-state index contributed by atoms with van der Waals surface area (Å²) >= 11 is 3.49. The predicted octanol–water partition coefficient (Wildman–Crippen LogP) is 4.43. The number of halogens is 2. The van der Waals surface area contributed by atoms with Crippen LogP contribution in [0, 0.1) is 5.82 Å². The summed E-state index contributed by atoms with van der Waals surface area (Å²) in [4.78, 5) is 13.4. The summed E-state index contributed by atoms with van der Waals surface area (Å²) in [5, 5.41) is 0. The second-order valence-corrected chi connectivity index (χ2v) is 5.56. The Balaban J connectivity index is 2.18. The second kappa shape index (κ2) is 6.18. The molecule has 0 aliphatic heterocycles. The third kappa shape index (κ3) is 3.45. The summed E-state index contributed by atoms with van der Waals surface area (Å²) in [7, 11) is 1.96. The second-order valence-electron chi connectivity index (χ2n) is 4.70. The molecule has 0 aromatic heterocycles. The SMILES string of the molecule is CC(=O)c1ccc(N(C)Cc2ccc(F)cc2)c(Br)c1. The van der Waals surface area contributed by atoms with Crippen LogP contribution in [0.1, 0.15) is 22.8 Å². The zero-order valence-electron chi connectivity index (χ0n) is 11.4. The van der Waals surface area contributed by atoms with Crippen LogP contribution < -0.4 is 4.90 Å². The van der Waals surface area contributed by atoms with Gasteiger partial charge in [0, 0.05) is 23.6 Å². The lowest BCUT2D eigenvalue weighted by Gasteiger charge is -2.21. The Labute approximate surface area is 126 Å². The Morgan fingerprint density at radius 3 is 2.40 bits per heavy atom. The summed E-state index contributed by atoms with van der Waals surface area (Å²) in [5.41, 5.74) is 2.69. The Bertz CT molecular complexity index is 625. The van der Waals surface area contributed by atoms with Crippen molar-refractivity contribution in [3.05, 3.63) is 63.9 Å². The normalized spacial score (nSPS) is 10.4. The van der Waals surface area contributed by atoms with Crippen molar-refractivity contribution in [2.24, 2.45) is 0 Å². The van der Waals surface area contributed by atoms with Crippen molar-refractivity contribution in [2.45, 2.75) is 13.5 Å². The molecule has 0 radical (unpaired) electrons. The Kier molecular flexibility index (Phi) is 4.55. The molecule has 0 saturated carbocycles. The standard InChI is InChI=1S/C16H15BrFNO/c1-11(20)13-5-8-16(15(17)9-13)19(2)10-12-3-6-14(18)7-4-12/h3-9H,10H2,1-2H3. The van der Waals surface area contributed by atoms with Crippen molar-refractivity contribution in [1.82, 2.24) is 0 Å². The monoisotopic (exact) mass is 335 g/mol. The molecule has 2 nitrogen and oxygen atoms in total. The van der Waals surface area contributed by atoms with Crippen molar-refractivity contribution < 1.29 is 9.18 Å². The van der Waals surface area contributed by atoms with Crippen LogP contribution in [0.15, 0.2) is 46.9 Å². The minimum absolute atomic E-state index is 0.0402. The van der Waals surface area contributed by atoms with Gasteiger partial charge in [-0.1, -0.05) is 12.1 Å². The van der Waals surface area contributed by atoms with Gasteiger partial charge < -0.3 is 4.90 Å². The van der Waals surface area contributed by atoms with E-state index in [-0.39, 0.29) is 11.6 Å². The highest BCUT2D eigenvalue weighted by Gasteiger charge is 2.09. The highest BCUT2D eigenvalue weighted by atomic mass is 79.9.